The van der Waals surface area contributed by atoms with Gasteiger partial charge in [-0.1, -0.05) is 42.5 Å². The predicted molar refractivity (Wildman–Crippen MR) is 71.7 cm³/mol. The van der Waals surface area contributed by atoms with Crippen molar-refractivity contribution in [1.82, 2.24) is 5.32 Å². The molecule has 3 nitrogen and oxygen atoms in total. The van der Waals surface area contributed by atoms with E-state index in [2.05, 4.69) is 11.9 Å². The largest absolute Gasteiger partial charge is 0.305 e. The summed E-state index contributed by atoms with van der Waals surface area (Å²) in [5, 5.41) is 3.21. The van der Waals surface area contributed by atoms with Crippen molar-refractivity contribution >= 4 is 9.84 Å². The van der Waals surface area contributed by atoms with Crippen LogP contribution in [0.2, 0.25) is 0 Å². The van der Waals surface area contributed by atoms with E-state index in [0.717, 1.165) is 11.1 Å². The molecule has 0 aromatic heterocycles. The number of sulfone groups is 1. The second kappa shape index (κ2) is 5.98. The smallest absolute Gasteiger partial charge is 0.149 e. The van der Waals surface area contributed by atoms with Gasteiger partial charge in [0.05, 0.1) is 5.75 Å². The Kier molecular flexibility index (Phi) is 4.90. The Morgan fingerprint density at radius 1 is 1.35 bits per heavy atom. The van der Waals surface area contributed by atoms with Crippen molar-refractivity contribution < 1.29 is 8.42 Å². The fourth-order valence-corrected chi connectivity index (χ4v) is 2.47. The Balaban J connectivity index is 2.83. The maximum absolute atomic E-state index is 11.4. The zero-order valence-corrected chi connectivity index (χ0v) is 11.1. The van der Waals surface area contributed by atoms with Gasteiger partial charge in [-0.25, -0.2) is 8.42 Å². The number of rotatable bonds is 6. The zero-order valence-electron chi connectivity index (χ0n) is 10.3. The quantitative estimate of drug-likeness (QED) is 0.788. The molecule has 0 saturated carbocycles. The van der Waals surface area contributed by atoms with Crippen LogP contribution in [0.25, 0.3) is 0 Å². The molecular formula is C13H19NO2S. The molecule has 0 heterocycles. The number of nitrogens with one attached hydrogen (secondary N) is 1. The molecule has 0 bridgehead atoms. The molecule has 1 aromatic carbocycles. The summed E-state index contributed by atoms with van der Waals surface area (Å²) >= 11 is 0. The molecule has 0 radical (unpaired) electrons. The summed E-state index contributed by atoms with van der Waals surface area (Å²) in [7, 11) is -3.01. The molecule has 1 aromatic rings. The minimum atomic E-state index is -3.01. The molecule has 1 atom stereocenters. The summed E-state index contributed by atoms with van der Waals surface area (Å²) in [6.45, 7) is 6.34. The first-order valence-electron chi connectivity index (χ1n) is 5.49. The Morgan fingerprint density at radius 3 is 2.41 bits per heavy atom. The fourth-order valence-electron chi connectivity index (χ4n) is 1.56. The van der Waals surface area contributed by atoms with E-state index in [-0.39, 0.29) is 11.8 Å². The van der Waals surface area contributed by atoms with Crippen LogP contribution >= 0.6 is 0 Å². The molecule has 0 saturated heterocycles. The molecule has 0 aliphatic rings. The molecule has 0 aliphatic carbocycles. The first kappa shape index (κ1) is 13.9. The summed E-state index contributed by atoms with van der Waals surface area (Å²) in [4.78, 5) is 0. The number of hydrogen-bond acceptors (Lipinski definition) is 3. The Hall–Kier alpha value is -1.13. The van der Waals surface area contributed by atoms with Crippen LogP contribution in [0.4, 0.5) is 0 Å². The highest BCUT2D eigenvalue weighted by Gasteiger charge is 2.16. The molecule has 1 rings (SSSR count). The van der Waals surface area contributed by atoms with Gasteiger partial charge < -0.3 is 5.32 Å². The second-order valence-corrected chi connectivity index (χ2v) is 6.58. The first-order chi connectivity index (χ1) is 7.88. The van der Waals surface area contributed by atoms with E-state index in [9.17, 15) is 8.42 Å². The third-order valence-corrected chi connectivity index (χ3v) is 3.26. The summed E-state index contributed by atoms with van der Waals surface area (Å²) in [5.74, 6) is 0.101. The van der Waals surface area contributed by atoms with Gasteiger partial charge in [-0.3, -0.25) is 0 Å². The minimum Gasteiger partial charge on any atom is -0.305 e. The summed E-state index contributed by atoms with van der Waals surface area (Å²) in [5.41, 5.74) is 1.97. The van der Waals surface area contributed by atoms with Crippen molar-refractivity contribution in [3.05, 3.63) is 48.0 Å². The van der Waals surface area contributed by atoms with Crippen molar-refractivity contribution in [2.75, 3.05) is 18.6 Å². The normalized spacial score (nSPS) is 13.3. The van der Waals surface area contributed by atoms with E-state index in [1.54, 1.807) is 0 Å². The van der Waals surface area contributed by atoms with Gasteiger partial charge in [-0.2, -0.15) is 0 Å². The maximum Gasteiger partial charge on any atom is 0.149 e. The van der Waals surface area contributed by atoms with Gasteiger partial charge in [0, 0.05) is 18.8 Å². The SMILES string of the molecule is C=C(C)CN[C@@H](CS(C)(=O)=O)c1ccccc1. The molecule has 1 N–H and O–H groups in total. The first-order valence-corrected chi connectivity index (χ1v) is 7.55. The van der Waals surface area contributed by atoms with E-state index in [1.165, 1.54) is 6.26 Å². The van der Waals surface area contributed by atoms with Crippen molar-refractivity contribution in [3.8, 4) is 0 Å². The minimum absolute atomic E-state index is 0.101. The van der Waals surface area contributed by atoms with Gasteiger partial charge in [0.1, 0.15) is 9.84 Å². The van der Waals surface area contributed by atoms with E-state index in [0.29, 0.717) is 6.54 Å². The van der Waals surface area contributed by atoms with E-state index in [1.807, 2.05) is 37.3 Å². The van der Waals surface area contributed by atoms with Crippen LogP contribution in [0, 0.1) is 0 Å². The van der Waals surface area contributed by atoms with Gasteiger partial charge in [0.15, 0.2) is 0 Å². The molecule has 0 spiro atoms. The summed E-state index contributed by atoms with van der Waals surface area (Å²) in [6.07, 6.45) is 1.26. The van der Waals surface area contributed by atoms with Gasteiger partial charge in [-0.05, 0) is 12.5 Å². The monoisotopic (exact) mass is 253 g/mol. The van der Waals surface area contributed by atoms with Gasteiger partial charge in [-0.15, -0.1) is 0 Å². The highest BCUT2D eigenvalue weighted by Crippen LogP contribution is 2.14. The standard InChI is InChI=1S/C13H19NO2S/c1-11(2)9-14-13(10-17(3,15)16)12-7-5-4-6-8-12/h4-8,13-14H,1,9-10H2,2-3H3/t13-/m0/s1. The molecule has 0 aliphatic heterocycles. The van der Waals surface area contributed by atoms with E-state index in [4.69, 9.17) is 0 Å². The van der Waals surface area contributed by atoms with E-state index < -0.39 is 9.84 Å². The third kappa shape index (κ3) is 5.65. The highest BCUT2D eigenvalue weighted by molar-refractivity contribution is 7.90. The van der Waals surface area contributed by atoms with Crippen molar-refractivity contribution in [2.45, 2.75) is 13.0 Å². The van der Waals surface area contributed by atoms with Crippen molar-refractivity contribution in [3.63, 3.8) is 0 Å². The molecule has 4 heteroatoms. The van der Waals surface area contributed by atoms with Gasteiger partial charge in [0.25, 0.3) is 0 Å². The van der Waals surface area contributed by atoms with Crippen LogP contribution in [-0.4, -0.2) is 27.0 Å². The fraction of sp³-hybridized carbons (Fsp3) is 0.385. The van der Waals surface area contributed by atoms with Crippen LogP contribution < -0.4 is 5.32 Å². The number of benzene rings is 1. The molecular weight excluding hydrogens is 234 g/mol. The van der Waals surface area contributed by atoms with Crippen LogP contribution in [0.3, 0.4) is 0 Å². The molecule has 0 amide bonds. The number of hydrogen-bond donors (Lipinski definition) is 1. The molecule has 17 heavy (non-hydrogen) atoms. The summed E-state index contributed by atoms with van der Waals surface area (Å²) in [6, 6.07) is 9.42. The van der Waals surface area contributed by atoms with Gasteiger partial charge >= 0.3 is 0 Å². The second-order valence-electron chi connectivity index (χ2n) is 4.39. The molecule has 0 fully saturated rings. The van der Waals surface area contributed by atoms with Gasteiger partial charge in [0.2, 0.25) is 0 Å². The molecule has 94 valence electrons. The van der Waals surface area contributed by atoms with Crippen LogP contribution in [-0.2, 0) is 9.84 Å². The van der Waals surface area contributed by atoms with Crippen LogP contribution in [0.5, 0.6) is 0 Å². The Bertz CT molecular complexity index is 465. The average Bonchev–Trinajstić information content (AvgIpc) is 2.24. The predicted octanol–water partition coefficient (Wildman–Crippen LogP) is 1.94. The lowest BCUT2D eigenvalue weighted by atomic mass is 10.1. The third-order valence-electron chi connectivity index (χ3n) is 2.32. The lowest BCUT2D eigenvalue weighted by molar-refractivity contribution is 0.567. The highest BCUT2D eigenvalue weighted by atomic mass is 32.2. The molecule has 0 unspecified atom stereocenters. The van der Waals surface area contributed by atoms with Crippen molar-refractivity contribution in [2.24, 2.45) is 0 Å². The van der Waals surface area contributed by atoms with Crippen LogP contribution in [0.1, 0.15) is 18.5 Å². The average molecular weight is 253 g/mol. The maximum atomic E-state index is 11.4. The lowest BCUT2D eigenvalue weighted by Gasteiger charge is -2.18. The Morgan fingerprint density at radius 2 is 1.94 bits per heavy atom. The zero-order chi connectivity index (χ0) is 12.9. The van der Waals surface area contributed by atoms with Crippen molar-refractivity contribution in [1.29, 1.82) is 0 Å². The topological polar surface area (TPSA) is 46.2 Å². The lowest BCUT2D eigenvalue weighted by Crippen LogP contribution is -2.28. The summed E-state index contributed by atoms with van der Waals surface area (Å²) < 4.78 is 22.8. The Labute approximate surface area is 103 Å². The van der Waals surface area contributed by atoms with Crippen LogP contribution in [0.15, 0.2) is 42.5 Å². The van der Waals surface area contributed by atoms with E-state index >= 15 is 0 Å².